The van der Waals surface area contributed by atoms with Gasteiger partial charge in [0.1, 0.15) is 13.2 Å². The van der Waals surface area contributed by atoms with E-state index in [9.17, 15) is 0 Å². The molecule has 0 bridgehead atoms. The van der Waals surface area contributed by atoms with Crippen molar-refractivity contribution in [1.82, 2.24) is 0 Å². The second-order valence-corrected chi connectivity index (χ2v) is 4.43. The molecule has 2 aromatic rings. The van der Waals surface area contributed by atoms with E-state index in [4.69, 9.17) is 21.1 Å². The third-order valence-electron chi connectivity index (χ3n) is 2.68. The van der Waals surface area contributed by atoms with Gasteiger partial charge in [0.05, 0.1) is 0 Å². The van der Waals surface area contributed by atoms with Gasteiger partial charge in [0.15, 0.2) is 11.5 Å². The van der Waals surface area contributed by atoms with Gasteiger partial charge < -0.3 is 14.8 Å². The highest BCUT2D eigenvalue weighted by molar-refractivity contribution is 6.30. The standard InChI is InChI=1S/C14H12ClNO2/c15-10-1-3-11(4-2-10)16-12-5-6-13-14(9-12)18-8-7-17-13/h1-6,9,16H,7-8H2. The van der Waals surface area contributed by atoms with Gasteiger partial charge in [-0.1, -0.05) is 11.6 Å². The Hall–Kier alpha value is -1.87. The summed E-state index contributed by atoms with van der Waals surface area (Å²) in [7, 11) is 0. The van der Waals surface area contributed by atoms with E-state index in [1.807, 2.05) is 42.5 Å². The summed E-state index contributed by atoms with van der Waals surface area (Å²) in [5, 5.41) is 4.01. The van der Waals surface area contributed by atoms with Crippen LogP contribution in [-0.4, -0.2) is 13.2 Å². The maximum Gasteiger partial charge on any atom is 0.163 e. The molecule has 1 N–H and O–H groups in total. The van der Waals surface area contributed by atoms with Gasteiger partial charge >= 0.3 is 0 Å². The summed E-state index contributed by atoms with van der Waals surface area (Å²) in [6.45, 7) is 1.20. The van der Waals surface area contributed by atoms with E-state index in [0.717, 1.165) is 27.9 Å². The molecule has 1 aliphatic rings. The molecule has 1 heterocycles. The van der Waals surface area contributed by atoms with Crippen molar-refractivity contribution in [2.24, 2.45) is 0 Å². The van der Waals surface area contributed by atoms with Crippen LogP contribution < -0.4 is 14.8 Å². The summed E-state index contributed by atoms with van der Waals surface area (Å²) >= 11 is 5.85. The first-order valence-electron chi connectivity index (χ1n) is 5.73. The molecule has 4 heteroatoms. The van der Waals surface area contributed by atoms with Crippen LogP contribution in [0, 0.1) is 0 Å². The van der Waals surface area contributed by atoms with Gasteiger partial charge in [-0.25, -0.2) is 0 Å². The molecule has 3 nitrogen and oxygen atoms in total. The second kappa shape index (κ2) is 4.78. The number of fused-ring (bicyclic) bond motifs is 1. The van der Waals surface area contributed by atoms with Crippen LogP contribution >= 0.6 is 11.6 Å². The summed E-state index contributed by atoms with van der Waals surface area (Å²) in [6, 6.07) is 13.4. The number of benzene rings is 2. The highest BCUT2D eigenvalue weighted by Crippen LogP contribution is 2.33. The van der Waals surface area contributed by atoms with Crippen LogP contribution in [-0.2, 0) is 0 Å². The van der Waals surface area contributed by atoms with Gasteiger partial charge in [0, 0.05) is 22.5 Å². The van der Waals surface area contributed by atoms with Gasteiger partial charge in [0.25, 0.3) is 0 Å². The molecular weight excluding hydrogens is 250 g/mol. The van der Waals surface area contributed by atoms with E-state index in [2.05, 4.69) is 5.32 Å². The van der Waals surface area contributed by atoms with Crippen LogP contribution in [0.25, 0.3) is 0 Å². The molecule has 0 aliphatic carbocycles. The Bertz CT molecular complexity index is 554. The minimum Gasteiger partial charge on any atom is -0.486 e. The van der Waals surface area contributed by atoms with Crippen LogP contribution in [0.2, 0.25) is 5.02 Å². The summed E-state index contributed by atoms with van der Waals surface area (Å²) in [6.07, 6.45) is 0. The summed E-state index contributed by atoms with van der Waals surface area (Å²) in [5.41, 5.74) is 1.94. The Morgan fingerprint density at radius 2 is 1.50 bits per heavy atom. The maximum absolute atomic E-state index is 5.85. The van der Waals surface area contributed by atoms with Crippen LogP contribution in [0.3, 0.4) is 0 Å². The Labute approximate surface area is 110 Å². The van der Waals surface area contributed by atoms with Crippen molar-refractivity contribution >= 4 is 23.0 Å². The first-order valence-corrected chi connectivity index (χ1v) is 6.11. The zero-order valence-corrected chi connectivity index (χ0v) is 10.4. The quantitative estimate of drug-likeness (QED) is 0.891. The SMILES string of the molecule is Clc1ccc(Nc2ccc3c(c2)OCCO3)cc1. The summed E-state index contributed by atoms with van der Waals surface area (Å²) in [4.78, 5) is 0. The van der Waals surface area contributed by atoms with Gasteiger partial charge in [-0.15, -0.1) is 0 Å². The van der Waals surface area contributed by atoms with E-state index in [0.29, 0.717) is 13.2 Å². The number of ether oxygens (including phenoxy) is 2. The van der Waals surface area contributed by atoms with E-state index in [1.54, 1.807) is 0 Å². The Morgan fingerprint density at radius 3 is 2.28 bits per heavy atom. The van der Waals surface area contributed by atoms with Crippen LogP contribution in [0.15, 0.2) is 42.5 Å². The molecule has 0 fully saturated rings. The number of rotatable bonds is 2. The average molecular weight is 262 g/mol. The predicted octanol–water partition coefficient (Wildman–Crippen LogP) is 3.85. The topological polar surface area (TPSA) is 30.5 Å². The molecule has 2 aromatic carbocycles. The lowest BCUT2D eigenvalue weighted by Gasteiger charge is -2.19. The van der Waals surface area contributed by atoms with Crippen molar-refractivity contribution in [3.8, 4) is 11.5 Å². The van der Waals surface area contributed by atoms with Gasteiger partial charge in [-0.2, -0.15) is 0 Å². The van der Waals surface area contributed by atoms with Crippen LogP contribution in [0.1, 0.15) is 0 Å². The van der Waals surface area contributed by atoms with Crippen molar-refractivity contribution in [1.29, 1.82) is 0 Å². The highest BCUT2D eigenvalue weighted by atomic mass is 35.5. The molecule has 0 aromatic heterocycles. The molecule has 1 aliphatic heterocycles. The largest absolute Gasteiger partial charge is 0.486 e. The van der Waals surface area contributed by atoms with Crippen LogP contribution in [0.4, 0.5) is 11.4 Å². The molecule has 18 heavy (non-hydrogen) atoms. The Kier molecular flexibility index (Phi) is 2.99. The molecule has 0 amide bonds. The Balaban J connectivity index is 1.82. The number of nitrogens with one attached hydrogen (secondary N) is 1. The number of anilines is 2. The highest BCUT2D eigenvalue weighted by Gasteiger charge is 2.11. The van der Waals surface area contributed by atoms with Gasteiger partial charge in [0.2, 0.25) is 0 Å². The average Bonchev–Trinajstić information content (AvgIpc) is 2.41. The minimum atomic E-state index is 0.595. The first-order chi connectivity index (χ1) is 8.81. The van der Waals surface area contributed by atoms with Crippen molar-refractivity contribution < 1.29 is 9.47 Å². The van der Waals surface area contributed by atoms with Gasteiger partial charge in [-0.05, 0) is 36.4 Å². The molecule has 0 radical (unpaired) electrons. The monoisotopic (exact) mass is 261 g/mol. The van der Waals surface area contributed by atoms with E-state index in [1.165, 1.54) is 0 Å². The van der Waals surface area contributed by atoms with Crippen molar-refractivity contribution in [2.45, 2.75) is 0 Å². The molecule has 0 spiro atoms. The van der Waals surface area contributed by atoms with E-state index in [-0.39, 0.29) is 0 Å². The molecular formula is C14H12ClNO2. The zero-order valence-electron chi connectivity index (χ0n) is 9.65. The third-order valence-corrected chi connectivity index (χ3v) is 2.93. The molecule has 0 saturated carbocycles. The second-order valence-electron chi connectivity index (χ2n) is 3.99. The smallest absolute Gasteiger partial charge is 0.163 e. The fraction of sp³-hybridized carbons (Fsp3) is 0.143. The zero-order chi connectivity index (χ0) is 12.4. The number of hydrogen-bond acceptors (Lipinski definition) is 3. The van der Waals surface area contributed by atoms with Gasteiger partial charge in [-0.3, -0.25) is 0 Å². The predicted molar refractivity (Wildman–Crippen MR) is 72.2 cm³/mol. The molecule has 92 valence electrons. The molecule has 0 atom stereocenters. The first kappa shape index (κ1) is 11.2. The van der Waals surface area contributed by atoms with E-state index >= 15 is 0 Å². The third kappa shape index (κ3) is 2.36. The summed E-state index contributed by atoms with van der Waals surface area (Å²) in [5.74, 6) is 1.57. The van der Waals surface area contributed by atoms with Crippen molar-refractivity contribution in [3.63, 3.8) is 0 Å². The van der Waals surface area contributed by atoms with E-state index < -0.39 is 0 Å². The van der Waals surface area contributed by atoms with Crippen molar-refractivity contribution in [2.75, 3.05) is 18.5 Å². The van der Waals surface area contributed by atoms with Crippen LogP contribution in [0.5, 0.6) is 11.5 Å². The lowest BCUT2D eigenvalue weighted by atomic mass is 10.2. The molecule has 0 unspecified atom stereocenters. The minimum absolute atomic E-state index is 0.595. The fourth-order valence-electron chi connectivity index (χ4n) is 1.82. The molecule has 0 saturated heterocycles. The Morgan fingerprint density at radius 1 is 0.833 bits per heavy atom. The lowest BCUT2D eigenvalue weighted by molar-refractivity contribution is 0.171. The van der Waals surface area contributed by atoms with Crippen molar-refractivity contribution in [3.05, 3.63) is 47.5 Å². The fourth-order valence-corrected chi connectivity index (χ4v) is 1.95. The molecule has 3 rings (SSSR count). The number of hydrogen-bond donors (Lipinski definition) is 1. The normalized spacial score (nSPS) is 13.2. The summed E-state index contributed by atoms with van der Waals surface area (Å²) < 4.78 is 11.0. The lowest BCUT2D eigenvalue weighted by Crippen LogP contribution is -2.15. The number of halogens is 1. The maximum atomic E-state index is 5.85.